The van der Waals surface area contributed by atoms with Crippen LogP contribution in [0.15, 0.2) is 10.7 Å². The highest BCUT2D eigenvalue weighted by Crippen LogP contribution is 2.42. The minimum atomic E-state index is -0.341. The molecule has 0 radical (unpaired) electrons. The number of nitrogens with one attached hydrogen (secondary N) is 1. The number of thioether (sulfide) groups is 1. The van der Waals surface area contributed by atoms with Gasteiger partial charge in [-0.2, -0.15) is 4.37 Å². The fourth-order valence-corrected chi connectivity index (χ4v) is 4.95. The second-order valence-corrected chi connectivity index (χ2v) is 7.54. The molecule has 1 N–H and O–H groups in total. The van der Waals surface area contributed by atoms with Crippen molar-refractivity contribution in [1.29, 1.82) is 0 Å². The standard InChI is InChI=1S/C13H21N3O2S2/c1-2-5-14-10-3-4-13(17-6-7-18-13)8-11(10)19-12-15-9-16-20-12/h9-11,14H,2-8H2,1H3. The fourth-order valence-electron chi connectivity index (χ4n) is 2.90. The Hall–Kier alpha value is -0.210. The van der Waals surface area contributed by atoms with E-state index in [9.17, 15) is 0 Å². The summed E-state index contributed by atoms with van der Waals surface area (Å²) in [5.41, 5.74) is 0. The zero-order valence-electron chi connectivity index (χ0n) is 11.7. The van der Waals surface area contributed by atoms with Crippen LogP contribution in [0.25, 0.3) is 0 Å². The molecule has 7 heteroatoms. The first-order chi connectivity index (χ1) is 9.81. The third-order valence-electron chi connectivity index (χ3n) is 3.86. The summed E-state index contributed by atoms with van der Waals surface area (Å²) < 4.78 is 16.9. The first-order valence-electron chi connectivity index (χ1n) is 7.26. The topological polar surface area (TPSA) is 56.3 Å². The van der Waals surface area contributed by atoms with Crippen LogP contribution in [0.1, 0.15) is 32.6 Å². The van der Waals surface area contributed by atoms with Gasteiger partial charge in [0.1, 0.15) is 6.33 Å². The molecule has 1 saturated heterocycles. The maximum atomic E-state index is 5.89. The second kappa shape index (κ2) is 6.70. The summed E-state index contributed by atoms with van der Waals surface area (Å²) in [4.78, 5) is 4.30. The zero-order valence-corrected chi connectivity index (χ0v) is 13.3. The number of nitrogens with zero attached hydrogens (tertiary/aromatic N) is 2. The predicted molar refractivity (Wildman–Crippen MR) is 80.1 cm³/mol. The van der Waals surface area contributed by atoms with Gasteiger partial charge in [-0.3, -0.25) is 0 Å². The molecule has 2 fully saturated rings. The summed E-state index contributed by atoms with van der Waals surface area (Å²) in [6, 6.07) is 0.502. The van der Waals surface area contributed by atoms with Crippen molar-refractivity contribution in [3.05, 3.63) is 6.33 Å². The van der Waals surface area contributed by atoms with Crippen LogP contribution < -0.4 is 5.32 Å². The molecule has 1 aliphatic carbocycles. The van der Waals surface area contributed by atoms with E-state index < -0.39 is 0 Å². The van der Waals surface area contributed by atoms with E-state index >= 15 is 0 Å². The van der Waals surface area contributed by atoms with Gasteiger partial charge in [0.15, 0.2) is 10.1 Å². The van der Waals surface area contributed by atoms with Crippen LogP contribution in [0.4, 0.5) is 0 Å². The van der Waals surface area contributed by atoms with Crippen LogP contribution in [0.2, 0.25) is 0 Å². The molecule has 2 heterocycles. The molecule has 1 saturated carbocycles. The third-order valence-corrected chi connectivity index (χ3v) is 5.94. The van der Waals surface area contributed by atoms with Gasteiger partial charge in [0.2, 0.25) is 0 Å². The number of hydrogen-bond acceptors (Lipinski definition) is 7. The zero-order chi connectivity index (χ0) is 13.8. The first-order valence-corrected chi connectivity index (χ1v) is 8.91. The van der Waals surface area contributed by atoms with Gasteiger partial charge >= 0.3 is 0 Å². The average molecular weight is 315 g/mol. The predicted octanol–water partition coefficient (Wildman–Crippen LogP) is 2.29. The summed E-state index contributed by atoms with van der Waals surface area (Å²) >= 11 is 3.28. The molecule has 0 bridgehead atoms. The molecule has 5 nitrogen and oxygen atoms in total. The maximum Gasteiger partial charge on any atom is 0.170 e. The van der Waals surface area contributed by atoms with Gasteiger partial charge in [0.25, 0.3) is 0 Å². The molecule has 112 valence electrons. The lowest BCUT2D eigenvalue weighted by Gasteiger charge is -2.40. The lowest BCUT2D eigenvalue weighted by molar-refractivity contribution is -0.178. The molecule has 1 aromatic rings. The van der Waals surface area contributed by atoms with Gasteiger partial charge in [0, 0.05) is 24.1 Å². The highest BCUT2D eigenvalue weighted by Gasteiger charge is 2.45. The summed E-state index contributed by atoms with van der Waals surface area (Å²) in [5, 5.41) is 4.10. The van der Waals surface area contributed by atoms with Crippen LogP contribution >= 0.6 is 23.3 Å². The summed E-state index contributed by atoms with van der Waals surface area (Å²) in [6.45, 7) is 4.71. The number of ether oxygens (including phenoxy) is 2. The Bertz CT molecular complexity index is 410. The Labute approximate surface area is 128 Å². The van der Waals surface area contributed by atoms with Crippen molar-refractivity contribution in [2.45, 2.75) is 54.0 Å². The number of hydrogen-bond donors (Lipinski definition) is 1. The van der Waals surface area contributed by atoms with Gasteiger partial charge in [-0.25, -0.2) is 4.98 Å². The van der Waals surface area contributed by atoms with E-state index in [1.165, 1.54) is 11.5 Å². The van der Waals surface area contributed by atoms with Crippen LogP contribution in [-0.4, -0.2) is 46.2 Å². The Kier molecular flexibility index (Phi) is 4.93. The van der Waals surface area contributed by atoms with Crippen molar-refractivity contribution in [2.24, 2.45) is 0 Å². The van der Waals surface area contributed by atoms with Crippen molar-refractivity contribution in [2.75, 3.05) is 19.8 Å². The monoisotopic (exact) mass is 315 g/mol. The lowest BCUT2D eigenvalue weighted by Crippen LogP contribution is -2.49. The van der Waals surface area contributed by atoms with Crippen LogP contribution in [0.5, 0.6) is 0 Å². The third kappa shape index (κ3) is 3.33. The van der Waals surface area contributed by atoms with Gasteiger partial charge in [-0.05, 0) is 30.9 Å². The smallest absolute Gasteiger partial charge is 0.170 e. The molecule has 2 unspecified atom stereocenters. The Balaban J connectivity index is 1.68. The minimum absolute atomic E-state index is 0.341. The van der Waals surface area contributed by atoms with E-state index in [0.717, 1.165) is 49.8 Å². The largest absolute Gasteiger partial charge is 0.347 e. The molecule has 0 aromatic carbocycles. The number of aromatic nitrogens is 2. The first kappa shape index (κ1) is 14.7. The highest BCUT2D eigenvalue weighted by molar-refractivity contribution is 8.01. The Morgan fingerprint density at radius 3 is 3.05 bits per heavy atom. The molecule has 1 spiro atoms. The highest BCUT2D eigenvalue weighted by atomic mass is 32.2. The van der Waals surface area contributed by atoms with Gasteiger partial charge in [-0.1, -0.05) is 18.7 Å². The minimum Gasteiger partial charge on any atom is -0.347 e. The average Bonchev–Trinajstić information content (AvgIpc) is 3.11. The van der Waals surface area contributed by atoms with E-state index in [1.807, 2.05) is 11.8 Å². The van der Waals surface area contributed by atoms with E-state index in [2.05, 4.69) is 21.6 Å². The van der Waals surface area contributed by atoms with Gasteiger partial charge in [0.05, 0.1) is 13.2 Å². The van der Waals surface area contributed by atoms with Crippen molar-refractivity contribution in [1.82, 2.24) is 14.7 Å². The van der Waals surface area contributed by atoms with E-state index in [0.29, 0.717) is 11.3 Å². The van der Waals surface area contributed by atoms with E-state index in [1.54, 1.807) is 6.33 Å². The molecular weight excluding hydrogens is 294 g/mol. The van der Waals surface area contributed by atoms with Crippen molar-refractivity contribution >= 4 is 23.3 Å². The molecule has 0 amide bonds. The van der Waals surface area contributed by atoms with Crippen molar-refractivity contribution in [3.8, 4) is 0 Å². The van der Waals surface area contributed by atoms with Crippen molar-refractivity contribution < 1.29 is 9.47 Å². The summed E-state index contributed by atoms with van der Waals surface area (Å²) in [6.07, 6.45) is 5.80. The van der Waals surface area contributed by atoms with Crippen LogP contribution in [0, 0.1) is 0 Å². The molecule has 1 aliphatic heterocycles. The van der Waals surface area contributed by atoms with Crippen molar-refractivity contribution in [3.63, 3.8) is 0 Å². The molecule has 1 aromatic heterocycles. The van der Waals surface area contributed by atoms with E-state index in [4.69, 9.17) is 9.47 Å². The molecule has 20 heavy (non-hydrogen) atoms. The Morgan fingerprint density at radius 2 is 2.35 bits per heavy atom. The maximum absolute atomic E-state index is 5.89. The van der Waals surface area contributed by atoms with Gasteiger partial charge < -0.3 is 14.8 Å². The molecule has 3 rings (SSSR count). The van der Waals surface area contributed by atoms with Gasteiger partial charge in [-0.15, -0.1) is 0 Å². The van der Waals surface area contributed by atoms with E-state index in [-0.39, 0.29) is 5.79 Å². The fraction of sp³-hybridized carbons (Fsp3) is 0.846. The SMILES string of the molecule is CCCNC1CCC2(CC1Sc1ncns1)OCCO2. The van der Waals surface area contributed by atoms with Crippen LogP contribution in [0.3, 0.4) is 0 Å². The molecule has 2 atom stereocenters. The summed E-state index contributed by atoms with van der Waals surface area (Å²) in [5.74, 6) is -0.341. The lowest BCUT2D eigenvalue weighted by atomic mass is 9.89. The second-order valence-electron chi connectivity index (χ2n) is 5.27. The van der Waals surface area contributed by atoms with Crippen LogP contribution in [-0.2, 0) is 9.47 Å². The number of rotatable bonds is 5. The Morgan fingerprint density at radius 1 is 1.50 bits per heavy atom. The molecular formula is C13H21N3O2S2. The normalized spacial score (nSPS) is 29.1. The molecule has 2 aliphatic rings. The quantitative estimate of drug-likeness (QED) is 0.900. The summed E-state index contributed by atoms with van der Waals surface area (Å²) in [7, 11) is 0.